The van der Waals surface area contributed by atoms with Gasteiger partial charge in [-0.15, -0.1) is 0 Å². The fourth-order valence-corrected chi connectivity index (χ4v) is 2.45. The highest BCUT2D eigenvalue weighted by Gasteiger charge is 2.18. The zero-order chi connectivity index (χ0) is 17.7. The largest absolute Gasteiger partial charge is 0.465 e. The van der Waals surface area contributed by atoms with Crippen LogP contribution in [0.3, 0.4) is 0 Å². The van der Waals surface area contributed by atoms with Gasteiger partial charge in [-0.05, 0) is 51.8 Å². The molecule has 0 saturated heterocycles. The van der Waals surface area contributed by atoms with Crippen molar-refractivity contribution in [3.8, 4) is 0 Å². The van der Waals surface area contributed by atoms with Crippen molar-refractivity contribution in [2.75, 3.05) is 12.4 Å². The second-order valence-electron chi connectivity index (χ2n) is 4.68. The smallest absolute Gasteiger partial charge is 0.340 e. The highest BCUT2D eigenvalue weighted by atomic mass is 79.9. The van der Waals surface area contributed by atoms with Crippen molar-refractivity contribution < 1.29 is 23.1 Å². The zero-order valence-electron chi connectivity index (χ0n) is 12.5. The number of anilines is 1. The molecule has 0 aromatic heterocycles. The summed E-state index contributed by atoms with van der Waals surface area (Å²) in [7, 11) is 1.15. The van der Waals surface area contributed by atoms with Crippen LogP contribution in [0.25, 0.3) is 6.08 Å². The van der Waals surface area contributed by atoms with Crippen LogP contribution in [0.5, 0.6) is 0 Å². The van der Waals surface area contributed by atoms with E-state index in [1.165, 1.54) is 30.4 Å². The third kappa shape index (κ3) is 4.48. The van der Waals surface area contributed by atoms with Crippen molar-refractivity contribution in [3.63, 3.8) is 0 Å². The second kappa shape index (κ2) is 7.83. The molecule has 24 heavy (non-hydrogen) atoms. The van der Waals surface area contributed by atoms with Crippen molar-refractivity contribution >= 4 is 39.6 Å². The number of hydrogen-bond acceptors (Lipinski definition) is 3. The average Bonchev–Trinajstić information content (AvgIpc) is 2.54. The van der Waals surface area contributed by atoms with Crippen LogP contribution >= 0.6 is 15.9 Å². The Balaban J connectivity index is 2.24. The van der Waals surface area contributed by atoms with Gasteiger partial charge in [0.15, 0.2) is 0 Å². The van der Waals surface area contributed by atoms with E-state index in [1.807, 2.05) is 0 Å². The van der Waals surface area contributed by atoms with Gasteiger partial charge in [-0.3, -0.25) is 4.79 Å². The molecule has 0 heterocycles. The minimum Gasteiger partial charge on any atom is -0.465 e. The summed E-state index contributed by atoms with van der Waals surface area (Å²) in [5.74, 6) is -2.45. The molecule has 0 aliphatic rings. The lowest BCUT2D eigenvalue weighted by molar-refractivity contribution is -0.111. The first kappa shape index (κ1) is 17.8. The minimum absolute atomic E-state index is 0.0807. The molecule has 1 amide bonds. The summed E-state index contributed by atoms with van der Waals surface area (Å²) < 4.78 is 31.3. The van der Waals surface area contributed by atoms with E-state index in [0.29, 0.717) is 5.56 Å². The number of amides is 1. The van der Waals surface area contributed by atoms with Gasteiger partial charge >= 0.3 is 5.97 Å². The lowest BCUT2D eigenvalue weighted by atomic mass is 10.1. The molecule has 1 N–H and O–H groups in total. The number of methoxy groups -OCH3 is 1. The fourth-order valence-electron chi connectivity index (χ4n) is 1.92. The minimum atomic E-state index is -0.792. The predicted octanol–water partition coefficient (Wildman–Crippen LogP) is 4.17. The third-order valence-electron chi connectivity index (χ3n) is 2.98. The Hall–Kier alpha value is -2.54. The SMILES string of the molecule is COC(=O)c1cc(F)cc(Br)c1NC(=O)C=Cc1cccc(F)c1. The van der Waals surface area contributed by atoms with E-state index in [0.717, 1.165) is 19.2 Å². The topological polar surface area (TPSA) is 55.4 Å². The quantitative estimate of drug-likeness (QED) is 0.624. The molecule has 2 aromatic carbocycles. The molecule has 0 aliphatic carbocycles. The molecule has 2 aromatic rings. The summed E-state index contributed by atoms with van der Waals surface area (Å²) in [5, 5.41) is 2.47. The van der Waals surface area contributed by atoms with Gasteiger partial charge in [-0.2, -0.15) is 0 Å². The maximum absolute atomic E-state index is 13.4. The van der Waals surface area contributed by atoms with Gasteiger partial charge in [0.05, 0.1) is 18.4 Å². The third-order valence-corrected chi connectivity index (χ3v) is 3.61. The van der Waals surface area contributed by atoms with E-state index in [2.05, 4.69) is 26.0 Å². The number of halogens is 3. The maximum atomic E-state index is 13.4. The van der Waals surface area contributed by atoms with E-state index in [4.69, 9.17) is 0 Å². The van der Waals surface area contributed by atoms with E-state index in [1.54, 1.807) is 6.07 Å². The number of hydrogen-bond donors (Lipinski definition) is 1. The van der Waals surface area contributed by atoms with Gasteiger partial charge in [0, 0.05) is 10.5 Å². The van der Waals surface area contributed by atoms with Gasteiger partial charge < -0.3 is 10.1 Å². The van der Waals surface area contributed by atoms with Crippen LogP contribution in [0, 0.1) is 11.6 Å². The summed E-state index contributed by atoms with van der Waals surface area (Å²) in [5.41, 5.74) is 0.450. The first-order valence-electron chi connectivity index (χ1n) is 6.72. The molecule has 0 aliphatic heterocycles. The normalized spacial score (nSPS) is 10.7. The molecule has 2 rings (SSSR count). The molecule has 0 spiro atoms. The lowest BCUT2D eigenvalue weighted by Crippen LogP contribution is -2.14. The number of esters is 1. The van der Waals surface area contributed by atoms with Crippen LogP contribution < -0.4 is 5.32 Å². The molecule has 0 unspecified atom stereocenters. The van der Waals surface area contributed by atoms with Crippen LogP contribution in [0.15, 0.2) is 46.9 Å². The van der Waals surface area contributed by atoms with Crippen molar-refractivity contribution in [3.05, 3.63) is 69.7 Å². The summed E-state index contributed by atoms with van der Waals surface area (Å²) >= 11 is 3.09. The number of carbonyl (C=O) groups excluding carboxylic acids is 2. The van der Waals surface area contributed by atoms with E-state index < -0.39 is 23.5 Å². The Labute approximate surface area is 145 Å². The highest BCUT2D eigenvalue weighted by Crippen LogP contribution is 2.28. The van der Waals surface area contributed by atoms with Crippen LogP contribution in [0.4, 0.5) is 14.5 Å². The van der Waals surface area contributed by atoms with E-state index in [-0.39, 0.29) is 15.7 Å². The maximum Gasteiger partial charge on any atom is 0.340 e. The summed E-state index contributed by atoms with van der Waals surface area (Å²) in [6, 6.07) is 7.76. The Morgan fingerprint density at radius 2 is 1.92 bits per heavy atom. The number of nitrogens with one attached hydrogen (secondary N) is 1. The lowest BCUT2D eigenvalue weighted by Gasteiger charge is -2.11. The van der Waals surface area contributed by atoms with Crippen LogP contribution in [0.1, 0.15) is 15.9 Å². The monoisotopic (exact) mass is 395 g/mol. The van der Waals surface area contributed by atoms with Crippen molar-refractivity contribution in [1.82, 2.24) is 0 Å². The zero-order valence-corrected chi connectivity index (χ0v) is 14.1. The molecule has 0 fully saturated rings. The summed E-state index contributed by atoms with van der Waals surface area (Å²) in [4.78, 5) is 23.7. The number of carbonyl (C=O) groups is 2. The van der Waals surface area contributed by atoms with Gasteiger partial charge in [-0.25, -0.2) is 13.6 Å². The van der Waals surface area contributed by atoms with Crippen LogP contribution in [0.2, 0.25) is 0 Å². The van der Waals surface area contributed by atoms with E-state index in [9.17, 15) is 18.4 Å². The molecule has 0 bridgehead atoms. The van der Waals surface area contributed by atoms with Gasteiger partial charge in [0.1, 0.15) is 11.6 Å². The molecule has 0 saturated carbocycles. The van der Waals surface area contributed by atoms with Crippen molar-refractivity contribution in [2.24, 2.45) is 0 Å². The Bertz CT molecular complexity index is 821. The second-order valence-corrected chi connectivity index (χ2v) is 5.53. The molecule has 124 valence electrons. The van der Waals surface area contributed by atoms with Gasteiger partial charge in [0.25, 0.3) is 0 Å². The van der Waals surface area contributed by atoms with Gasteiger partial charge in [0.2, 0.25) is 5.91 Å². The molecule has 7 heteroatoms. The highest BCUT2D eigenvalue weighted by molar-refractivity contribution is 9.10. The molecule has 4 nitrogen and oxygen atoms in total. The van der Waals surface area contributed by atoms with Crippen LogP contribution in [-0.4, -0.2) is 19.0 Å². The summed E-state index contributed by atoms with van der Waals surface area (Å²) in [6.45, 7) is 0. The van der Waals surface area contributed by atoms with Gasteiger partial charge in [-0.1, -0.05) is 12.1 Å². The fraction of sp³-hybridized carbons (Fsp3) is 0.0588. The number of benzene rings is 2. The Morgan fingerprint density at radius 3 is 2.58 bits per heavy atom. The van der Waals surface area contributed by atoms with E-state index >= 15 is 0 Å². The van der Waals surface area contributed by atoms with Crippen LogP contribution in [-0.2, 0) is 9.53 Å². The molecule has 0 atom stereocenters. The van der Waals surface area contributed by atoms with Crippen molar-refractivity contribution in [1.29, 1.82) is 0 Å². The predicted molar refractivity (Wildman–Crippen MR) is 89.5 cm³/mol. The first-order chi connectivity index (χ1) is 11.4. The standard InChI is InChI=1S/C17H12BrF2NO3/c1-24-17(23)13-8-12(20)9-14(18)16(13)21-15(22)6-5-10-3-2-4-11(19)7-10/h2-9H,1H3,(H,21,22). The molecule has 0 radical (unpaired) electrons. The average molecular weight is 396 g/mol. The Morgan fingerprint density at radius 1 is 1.17 bits per heavy atom. The van der Waals surface area contributed by atoms with Crippen molar-refractivity contribution in [2.45, 2.75) is 0 Å². The Kier molecular flexibility index (Phi) is 5.81. The summed E-state index contributed by atoms with van der Waals surface area (Å²) in [6.07, 6.45) is 2.58. The molecular weight excluding hydrogens is 384 g/mol. The first-order valence-corrected chi connectivity index (χ1v) is 7.52. The molecular formula is C17H12BrF2NO3. The number of ether oxygens (including phenoxy) is 1. The number of rotatable bonds is 4.